The summed E-state index contributed by atoms with van der Waals surface area (Å²) < 4.78 is 0. The van der Waals surface area contributed by atoms with Gasteiger partial charge in [0.25, 0.3) is 11.8 Å². The lowest BCUT2D eigenvalue weighted by Gasteiger charge is -2.02. The molecule has 0 fully saturated rings. The van der Waals surface area contributed by atoms with Gasteiger partial charge in [-0.15, -0.1) is 0 Å². The van der Waals surface area contributed by atoms with E-state index >= 15 is 0 Å². The summed E-state index contributed by atoms with van der Waals surface area (Å²) in [5.41, 5.74) is 9.34. The lowest BCUT2D eigenvalue weighted by Crippen LogP contribution is -2.32. The van der Waals surface area contributed by atoms with Gasteiger partial charge in [0.1, 0.15) is 0 Å². The lowest BCUT2D eigenvalue weighted by molar-refractivity contribution is -0.120. The van der Waals surface area contributed by atoms with Crippen molar-refractivity contribution in [2.45, 2.75) is 0 Å². The Morgan fingerprint density at radius 2 is 1.64 bits per heavy atom. The first kappa shape index (κ1) is 9.22. The van der Waals surface area contributed by atoms with Crippen LogP contribution in [0.2, 0.25) is 0 Å². The third kappa shape index (κ3) is 3.04. The van der Waals surface area contributed by atoms with Gasteiger partial charge >= 0.3 is 0 Å². The Morgan fingerprint density at radius 1 is 1.18 bits per heavy atom. The van der Waals surface area contributed by atoms with Gasteiger partial charge in [0, 0.05) is 0 Å². The Hall–Kier alpha value is -1.78. The minimum Gasteiger partial charge on any atom is -0.395 e. The van der Waals surface area contributed by atoms with Crippen molar-refractivity contribution in [3.8, 4) is 0 Å². The van der Waals surface area contributed by atoms with Crippen LogP contribution in [0.15, 0.2) is 24.6 Å². The molecule has 0 atom stereocenters. The van der Waals surface area contributed by atoms with E-state index in [0.717, 1.165) is 0 Å². The number of carbonyl (C=O) groups excluding carboxylic acids is 2. The molecule has 5 heteroatoms. The average Bonchev–Trinajstić information content (AvgIpc) is 1.87. The molecule has 5 N–H and O–H groups in total. The maximum Gasteiger partial charge on any atom is 0.271 e. The van der Waals surface area contributed by atoms with Gasteiger partial charge in [-0.2, -0.15) is 0 Å². The second-order valence-electron chi connectivity index (χ2n) is 1.82. The Balaban J connectivity index is 4.07. The highest BCUT2D eigenvalue weighted by atomic mass is 16.2. The van der Waals surface area contributed by atoms with Crippen molar-refractivity contribution in [2.24, 2.45) is 11.5 Å². The predicted molar refractivity (Wildman–Crippen MR) is 39.8 cm³/mol. The van der Waals surface area contributed by atoms with E-state index in [4.69, 9.17) is 11.5 Å². The number of hydrogen-bond donors (Lipinski definition) is 3. The highest BCUT2D eigenvalue weighted by Crippen LogP contribution is 1.84. The highest BCUT2D eigenvalue weighted by molar-refractivity contribution is 6.00. The van der Waals surface area contributed by atoms with Gasteiger partial charge in [0.05, 0.1) is 11.4 Å². The summed E-state index contributed by atoms with van der Waals surface area (Å²) in [7, 11) is 0. The molecule has 2 amide bonds. The van der Waals surface area contributed by atoms with Crippen LogP contribution in [0.4, 0.5) is 0 Å². The van der Waals surface area contributed by atoms with E-state index in [0.29, 0.717) is 0 Å². The summed E-state index contributed by atoms with van der Waals surface area (Å²) in [6.45, 7) is 6.31. The van der Waals surface area contributed by atoms with Crippen molar-refractivity contribution >= 4 is 11.8 Å². The van der Waals surface area contributed by atoms with Gasteiger partial charge in [-0.05, 0) is 0 Å². The third-order valence-electron chi connectivity index (χ3n) is 0.854. The first-order valence-corrected chi connectivity index (χ1v) is 2.69. The van der Waals surface area contributed by atoms with E-state index in [-0.39, 0.29) is 11.4 Å². The van der Waals surface area contributed by atoms with E-state index < -0.39 is 11.8 Å². The number of primary amides is 1. The second-order valence-corrected chi connectivity index (χ2v) is 1.82. The Labute approximate surface area is 63.7 Å². The van der Waals surface area contributed by atoms with Crippen LogP contribution in [0.5, 0.6) is 0 Å². The number of amides is 2. The third-order valence-corrected chi connectivity index (χ3v) is 0.854. The monoisotopic (exact) mass is 155 g/mol. The molecule has 0 bridgehead atoms. The minimum absolute atomic E-state index is 0.201. The van der Waals surface area contributed by atoms with Crippen LogP contribution in [-0.2, 0) is 9.59 Å². The first-order valence-electron chi connectivity index (χ1n) is 2.69. The fraction of sp³-hybridized carbons (Fsp3) is 0. The van der Waals surface area contributed by atoms with Crippen molar-refractivity contribution in [3.63, 3.8) is 0 Å². The average molecular weight is 155 g/mol. The maximum atomic E-state index is 10.7. The van der Waals surface area contributed by atoms with Crippen molar-refractivity contribution in [1.82, 2.24) is 5.32 Å². The van der Waals surface area contributed by atoms with E-state index in [9.17, 15) is 9.59 Å². The summed E-state index contributed by atoms with van der Waals surface area (Å²) in [6, 6.07) is 0. The molecule has 0 aromatic carbocycles. The Bertz CT molecular complexity index is 208. The molecule has 5 nitrogen and oxygen atoms in total. The SMILES string of the molecule is C=C(N)C(=O)NC(=C)C(N)=O. The first-order chi connectivity index (χ1) is 4.95. The molecule has 0 spiro atoms. The van der Waals surface area contributed by atoms with Gasteiger partial charge in [0.15, 0.2) is 0 Å². The smallest absolute Gasteiger partial charge is 0.271 e. The number of rotatable bonds is 3. The fourth-order valence-electron chi connectivity index (χ4n) is 0.279. The van der Waals surface area contributed by atoms with Crippen LogP contribution < -0.4 is 16.8 Å². The number of hydrogen-bond acceptors (Lipinski definition) is 3. The highest BCUT2D eigenvalue weighted by Gasteiger charge is 2.06. The molecule has 11 heavy (non-hydrogen) atoms. The van der Waals surface area contributed by atoms with Crippen LogP contribution >= 0.6 is 0 Å². The normalized spacial score (nSPS) is 8.36. The zero-order valence-electron chi connectivity index (χ0n) is 5.89. The van der Waals surface area contributed by atoms with Crippen LogP contribution in [0.25, 0.3) is 0 Å². The minimum atomic E-state index is -0.806. The zero-order chi connectivity index (χ0) is 9.02. The number of nitrogens with two attached hydrogens (primary N) is 2. The molecule has 0 rings (SSSR count). The van der Waals surface area contributed by atoms with E-state index in [1.165, 1.54) is 0 Å². The molecule has 0 aromatic heterocycles. The Morgan fingerprint density at radius 3 is 1.91 bits per heavy atom. The quantitative estimate of drug-likeness (QED) is 0.436. The maximum absolute atomic E-state index is 10.7. The van der Waals surface area contributed by atoms with Crippen LogP contribution in [-0.4, -0.2) is 11.8 Å². The van der Waals surface area contributed by atoms with Crippen molar-refractivity contribution < 1.29 is 9.59 Å². The molecule has 0 radical (unpaired) electrons. The Kier molecular flexibility index (Phi) is 2.85. The topological polar surface area (TPSA) is 98.2 Å². The summed E-state index contributed by atoms with van der Waals surface area (Å²) in [4.78, 5) is 20.9. The molecule has 0 saturated heterocycles. The zero-order valence-corrected chi connectivity index (χ0v) is 5.89. The molecule has 0 aliphatic heterocycles. The van der Waals surface area contributed by atoms with Crippen molar-refractivity contribution in [1.29, 1.82) is 0 Å². The molecule has 0 saturated carbocycles. The van der Waals surface area contributed by atoms with Crippen LogP contribution in [0.1, 0.15) is 0 Å². The predicted octanol–water partition coefficient (Wildman–Crippen LogP) is -1.43. The molecular formula is C6H9N3O2. The summed E-state index contributed by atoms with van der Waals surface area (Å²) >= 11 is 0. The summed E-state index contributed by atoms with van der Waals surface area (Å²) in [6.07, 6.45) is 0. The lowest BCUT2D eigenvalue weighted by atomic mass is 10.4. The molecule has 0 aliphatic carbocycles. The number of nitrogens with one attached hydrogen (secondary N) is 1. The van der Waals surface area contributed by atoms with E-state index in [2.05, 4.69) is 13.2 Å². The molecule has 0 heterocycles. The molecule has 0 aromatic rings. The standard InChI is InChI=1S/C6H9N3O2/c1-3(7)6(11)9-4(2)5(8)10/h1-2,7H2,(H2,8,10)(H,9,11). The van der Waals surface area contributed by atoms with Gasteiger partial charge in [-0.3, -0.25) is 9.59 Å². The van der Waals surface area contributed by atoms with Gasteiger partial charge in [0.2, 0.25) is 0 Å². The fourth-order valence-corrected chi connectivity index (χ4v) is 0.279. The number of carbonyl (C=O) groups is 2. The van der Waals surface area contributed by atoms with Gasteiger partial charge in [-0.1, -0.05) is 13.2 Å². The van der Waals surface area contributed by atoms with Crippen LogP contribution in [0.3, 0.4) is 0 Å². The largest absolute Gasteiger partial charge is 0.395 e. The van der Waals surface area contributed by atoms with Gasteiger partial charge < -0.3 is 16.8 Å². The van der Waals surface area contributed by atoms with E-state index in [1.807, 2.05) is 5.32 Å². The van der Waals surface area contributed by atoms with Crippen molar-refractivity contribution in [2.75, 3.05) is 0 Å². The molecule has 0 aliphatic rings. The molecule has 60 valence electrons. The van der Waals surface area contributed by atoms with Gasteiger partial charge in [-0.25, -0.2) is 0 Å². The summed E-state index contributed by atoms with van der Waals surface area (Å²) in [5.74, 6) is -1.48. The molecule has 0 unspecified atom stereocenters. The summed E-state index contributed by atoms with van der Waals surface area (Å²) in [5, 5.41) is 2.05. The molecular weight excluding hydrogens is 146 g/mol. The van der Waals surface area contributed by atoms with Crippen LogP contribution in [0, 0.1) is 0 Å². The van der Waals surface area contributed by atoms with Crippen molar-refractivity contribution in [3.05, 3.63) is 24.6 Å². The van der Waals surface area contributed by atoms with E-state index in [1.54, 1.807) is 0 Å². The second kappa shape index (κ2) is 3.40.